The first kappa shape index (κ1) is 18.7. The van der Waals surface area contributed by atoms with Crippen LogP contribution in [0.3, 0.4) is 0 Å². The van der Waals surface area contributed by atoms with Crippen LogP contribution >= 0.6 is 0 Å². The topological polar surface area (TPSA) is 65.5 Å². The van der Waals surface area contributed by atoms with Crippen LogP contribution in [0.25, 0.3) is 5.57 Å². The summed E-state index contributed by atoms with van der Waals surface area (Å²) in [4.78, 5) is 32.7. The summed E-state index contributed by atoms with van der Waals surface area (Å²) in [6, 6.07) is 5.71. The fraction of sp³-hybridized carbons (Fsp3) is 0.318. The van der Waals surface area contributed by atoms with Crippen LogP contribution in [0.2, 0.25) is 0 Å². The van der Waals surface area contributed by atoms with E-state index in [-0.39, 0.29) is 42.2 Å². The van der Waals surface area contributed by atoms with Crippen LogP contribution < -0.4 is 5.32 Å². The van der Waals surface area contributed by atoms with Gasteiger partial charge in [-0.15, -0.1) is 0 Å². The summed E-state index contributed by atoms with van der Waals surface area (Å²) in [6.07, 6.45) is 4.83. The van der Waals surface area contributed by atoms with E-state index in [1.54, 1.807) is 11.1 Å². The number of carbonyl (C=O) groups is 2. The molecule has 2 aromatic rings. The van der Waals surface area contributed by atoms with E-state index in [0.29, 0.717) is 6.54 Å². The van der Waals surface area contributed by atoms with Crippen LogP contribution in [0.4, 0.5) is 19.3 Å². The summed E-state index contributed by atoms with van der Waals surface area (Å²) in [5.74, 6) is -1.89. The van der Waals surface area contributed by atoms with Crippen LogP contribution in [0.5, 0.6) is 0 Å². The standard InChI is InChI=1S/C22H20F2N4O2/c1-12-6-14(4-5-25-12)15-7-13-8-19(15)28(9-13)20(29)11-27-10-16-18(26-22(27)30)3-2-17(23)21(16)24/h2-7,13,19H,8-11H2,1H3,(H,26,30)/t13-,19-/m1/s1. The Morgan fingerprint density at radius 1 is 1.30 bits per heavy atom. The molecule has 2 bridgehead atoms. The molecule has 1 fully saturated rings. The van der Waals surface area contributed by atoms with E-state index in [9.17, 15) is 18.4 Å². The molecule has 5 rings (SSSR count). The zero-order chi connectivity index (χ0) is 21.0. The summed E-state index contributed by atoms with van der Waals surface area (Å²) in [5, 5.41) is 2.54. The quantitative estimate of drug-likeness (QED) is 0.844. The van der Waals surface area contributed by atoms with Crippen molar-refractivity contribution >= 4 is 23.2 Å². The fourth-order valence-electron chi connectivity index (χ4n) is 4.64. The third-order valence-electron chi connectivity index (χ3n) is 6.06. The lowest BCUT2D eigenvalue weighted by atomic mass is 10.0. The van der Waals surface area contributed by atoms with Gasteiger partial charge in [0.2, 0.25) is 5.91 Å². The molecule has 3 aliphatic rings. The normalized spacial score (nSPS) is 22.1. The van der Waals surface area contributed by atoms with Gasteiger partial charge in [-0.1, -0.05) is 6.08 Å². The number of nitrogens with zero attached hydrogens (tertiary/aromatic N) is 3. The highest BCUT2D eigenvalue weighted by molar-refractivity contribution is 5.95. The van der Waals surface area contributed by atoms with Gasteiger partial charge < -0.3 is 15.1 Å². The molecule has 154 valence electrons. The van der Waals surface area contributed by atoms with Gasteiger partial charge in [0.15, 0.2) is 11.6 Å². The second kappa shape index (κ2) is 6.90. The minimum absolute atomic E-state index is 0.0429. The van der Waals surface area contributed by atoms with Crippen molar-refractivity contribution in [2.75, 3.05) is 18.4 Å². The first-order chi connectivity index (χ1) is 14.4. The number of amides is 3. The lowest BCUT2D eigenvalue weighted by Crippen LogP contribution is -2.48. The van der Waals surface area contributed by atoms with Gasteiger partial charge in [0.1, 0.15) is 6.54 Å². The number of fused-ring (bicyclic) bond motifs is 3. The third-order valence-corrected chi connectivity index (χ3v) is 6.06. The molecule has 2 atom stereocenters. The largest absolute Gasteiger partial charge is 0.333 e. The zero-order valence-corrected chi connectivity index (χ0v) is 16.4. The predicted molar refractivity (Wildman–Crippen MR) is 106 cm³/mol. The van der Waals surface area contributed by atoms with Gasteiger partial charge in [-0.05, 0) is 54.7 Å². The summed E-state index contributed by atoms with van der Waals surface area (Å²) in [5.41, 5.74) is 3.35. The predicted octanol–water partition coefficient (Wildman–Crippen LogP) is 3.33. The Labute approximate surface area is 172 Å². The minimum atomic E-state index is -0.997. The van der Waals surface area contributed by atoms with Crippen LogP contribution in [0.1, 0.15) is 23.2 Å². The molecule has 30 heavy (non-hydrogen) atoms. The van der Waals surface area contributed by atoms with Gasteiger partial charge in [0.25, 0.3) is 0 Å². The van der Waals surface area contributed by atoms with Crippen molar-refractivity contribution in [1.82, 2.24) is 14.8 Å². The van der Waals surface area contributed by atoms with E-state index < -0.39 is 17.7 Å². The fourth-order valence-corrected chi connectivity index (χ4v) is 4.64. The lowest BCUT2D eigenvalue weighted by Gasteiger charge is -2.33. The number of aromatic nitrogens is 1. The highest BCUT2D eigenvalue weighted by Gasteiger charge is 2.42. The second-order valence-electron chi connectivity index (χ2n) is 8.04. The van der Waals surface area contributed by atoms with E-state index in [1.807, 2.05) is 19.1 Å². The average Bonchev–Trinajstić information content (AvgIpc) is 3.33. The molecule has 0 saturated carbocycles. The molecule has 1 saturated heterocycles. The molecular formula is C22H20F2N4O2. The molecule has 1 aliphatic carbocycles. The summed E-state index contributed by atoms with van der Waals surface area (Å²) in [6.45, 7) is 2.19. The van der Waals surface area contributed by atoms with Gasteiger partial charge in [0.05, 0.1) is 18.3 Å². The maximum atomic E-state index is 14.2. The van der Waals surface area contributed by atoms with Gasteiger partial charge in [0, 0.05) is 24.0 Å². The Bertz CT molecular complexity index is 1100. The van der Waals surface area contributed by atoms with E-state index in [2.05, 4.69) is 16.4 Å². The first-order valence-electron chi connectivity index (χ1n) is 9.87. The summed E-state index contributed by atoms with van der Waals surface area (Å²) in [7, 11) is 0. The molecule has 1 aromatic heterocycles. The smallest absolute Gasteiger partial charge is 0.322 e. The molecular weight excluding hydrogens is 390 g/mol. The maximum Gasteiger partial charge on any atom is 0.322 e. The Balaban J connectivity index is 1.33. The van der Waals surface area contributed by atoms with Gasteiger partial charge in [-0.25, -0.2) is 13.6 Å². The number of urea groups is 1. The number of pyridine rings is 1. The number of likely N-dealkylation sites (tertiary alicyclic amines) is 1. The van der Waals surface area contributed by atoms with Crippen LogP contribution in [0.15, 0.2) is 36.5 Å². The molecule has 0 unspecified atom stereocenters. The number of carbonyl (C=O) groups excluding carboxylic acids is 2. The molecule has 6 nitrogen and oxygen atoms in total. The van der Waals surface area contributed by atoms with Crippen molar-refractivity contribution in [3.8, 4) is 0 Å². The van der Waals surface area contributed by atoms with Gasteiger partial charge in [-0.2, -0.15) is 0 Å². The van der Waals surface area contributed by atoms with Gasteiger partial charge >= 0.3 is 6.03 Å². The van der Waals surface area contributed by atoms with Crippen LogP contribution in [-0.4, -0.2) is 45.9 Å². The van der Waals surface area contributed by atoms with E-state index in [1.165, 1.54) is 11.0 Å². The number of hydrogen-bond acceptors (Lipinski definition) is 3. The molecule has 3 amide bonds. The molecule has 8 heteroatoms. The van der Waals surface area contributed by atoms with Crippen molar-refractivity contribution in [3.05, 3.63) is 65.0 Å². The maximum absolute atomic E-state index is 14.2. The Morgan fingerprint density at radius 3 is 2.90 bits per heavy atom. The molecule has 1 N–H and O–H groups in total. The van der Waals surface area contributed by atoms with E-state index >= 15 is 0 Å². The number of anilines is 1. The number of benzene rings is 1. The van der Waals surface area contributed by atoms with Gasteiger partial charge in [-0.3, -0.25) is 9.78 Å². The Kier molecular flexibility index (Phi) is 4.30. The average molecular weight is 410 g/mol. The third kappa shape index (κ3) is 3.03. The molecule has 0 spiro atoms. The van der Waals surface area contributed by atoms with Crippen molar-refractivity contribution < 1.29 is 18.4 Å². The highest BCUT2D eigenvalue weighted by atomic mass is 19.2. The highest BCUT2D eigenvalue weighted by Crippen LogP contribution is 2.42. The van der Waals surface area contributed by atoms with Crippen LogP contribution in [0, 0.1) is 24.5 Å². The second-order valence-corrected chi connectivity index (χ2v) is 8.04. The minimum Gasteiger partial charge on any atom is -0.333 e. The first-order valence-corrected chi connectivity index (χ1v) is 9.87. The summed E-state index contributed by atoms with van der Waals surface area (Å²) < 4.78 is 27.7. The lowest BCUT2D eigenvalue weighted by molar-refractivity contribution is -0.132. The molecule has 2 aliphatic heterocycles. The summed E-state index contributed by atoms with van der Waals surface area (Å²) >= 11 is 0. The Morgan fingerprint density at radius 2 is 2.13 bits per heavy atom. The monoisotopic (exact) mass is 410 g/mol. The van der Waals surface area contributed by atoms with Crippen LogP contribution in [-0.2, 0) is 11.3 Å². The molecule has 3 heterocycles. The number of aryl methyl sites for hydroxylation is 1. The van der Waals surface area contributed by atoms with Crippen molar-refractivity contribution in [1.29, 1.82) is 0 Å². The number of halogens is 2. The van der Waals surface area contributed by atoms with E-state index in [4.69, 9.17) is 0 Å². The number of nitrogens with one attached hydrogen (secondary N) is 1. The SMILES string of the molecule is Cc1cc(C2=C[C@@H]3C[C@H]2N(C(=O)CN2Cc4c(ccc(F)c4F)NC2=O)C3)ccn1. The van der Waals surface area contributed by atoms with Crippen molar-refractivity contribution in [2.24, 2.45) is 5.92 Å². The molecule has 1 aromatic carbocycles. The van der Waals surface area contributed by atoms with Crippen molar-refractivity contribution in [2.45, 2.75) is 25.9 Å². The van der Waals surface area contributed by atoms with E-state index in [0.717, 1.165) is 29.3 Å². The number of rotatable bonds is 3. The zero-order valence-electron chi connectivity index (χ0n) is 16.4. The van der Waals surface area contributed by atoms with Crippen molar-refractivity contribution in [3.63, 3.8) is 0 Å². The number of hydrogen-bond donors (Lipinski definition) is 1. The molecule has 0 radical (unpaired) electrons. The Hall–Kier alpha value is -3.29.